The number of nitrogens with zero attached hydrogens (tertiary/aromatic N) is 4. The molecule has 4 heterocycles. The molecule has 0 saturated heterocycles. The van der Waals surface area contributed by atoms with Gasteiger partial charge in [-0.2, -0.15) is 0 Å². The second-order valence-corrected chi connectivity index (χ2v) is 23.0. The number of fused-ring (bicyclic) bond motifs is 2. The van der Waals surface area contributed by atoms with Crippen LogP contribution in [0.1, 0.15) is 172 Å². The number of aryl methyl sites for hydroxylation is 2. The van der Waals surface area contributed by atoms with E-state index in [1.807, 2.05) is 107 Å². The molecule has 0 saturated carbocycles. The maximum Gasteiger partial charge on any atom is 0.164 e. The Morgan fingerprint density at radius 3 is 1.29 bits per heavy atom. The summed E-state index contributed by atoms with van der Waals surface area (Å²) in [5.41, 5.74) is 9.35. The van der Waals surface area contributed by atoms with Gasteiger partial charge in [0.15, 0.2) is 11.6 Å². The average Bonchev–Trinajstić information content (AvgIpc) is 3.30. The summed E-state index contributed by atoms with van der Waals surface area (Å²) >= 11 is 0. The Morgan fingerprint density at radius 1 is 0.548 bits per heavy atom. The minimum absolute atomic E-state index is 0. The van der Waals surface area contributed by atoms with Crippen molar-refractivity contribution in [2.24, 2.45) is 21.7 Å². The van der Waals surface area contributed by atoms with Gasteiger partial charge in [-0.05, 0) is 59.8 Å². The third-order valence-electron chi connectivity index (χ3n) is 12.8. The van der Waals surface area contributed by atoms with Crippen LogP contribution in [0.3, 0.4) is 0 Å². The summed E-state index contributed by atoms with van der Waals surface area (Å²) in [7, 11) is 0. The van der Waals surface area contributed by atoms with Gasteiger partial charge in [0.2, 0.25) is 0 Å². The minimum Gasteiger partial charge on any atom is -0.512 e. The monoisotopic (exact) mass is 1350 g/mol. The number of aliphatic hydroxyl groups excluding tert-OH is 2. The topological polar surface area (TPSA) is 126 Å². The normalized spacial score (nSPS) is 12.3. The van der Waals surface area contributed by atoms with Gasteiger partial charge in [-0.1, -0.05) is 169 Å². The summed E-state index contributed by atoms with van der Waals surface area (Å²) in [6, 6.07) is 32.1. The van der Waals surface area contributed by atoms with Crippen LogP contribution >= 0.6 is 0 Å². The van der Waals surface area contributed by atoms with Crippen LogP contribution in [0, 0.1) is 47.6 Å². The molecule has 0 bridgehead atoms. The molecule has 10 heteroatoms. The molecule has 400 valence electrons. The van der Waals surface area contributed by atoms with Gasteiger partial charge in [-0.15, -0.1) is 69.8 Å². The van der Waals surface area contributed by atoms with Crippen LogP contribution in [0.25, 0.3) is 44.6 Å². The Labute approximate surface area is 466 Å². The predicted octanol–water partition coefficient (Wildman–Crippen LogP) is 17.0. The number of benzene rings is 2. The maximum atomic E-state index is 11.5. The van der Waals surface area contributed by atoms with Crippen LogP contribution in [-0.4, -0.2) is 41.7 Å². The first-order chi connectivity index (χ1) is 32.9. The van der Waals surface area contributed by atoms with E-state index in [-0.39, 0.29) is 79.5 Å². The van der Waals surface area contributed by atoms with E-state index < -0.39 is 10.8 Å². The van der Waals surface area contributed by atoms with Crippen LogP contribution in [0.2, 0.25) is 0 Å². The van der Waals surface area contributed by atoms with Crippen molar-refractivity contribution in [2.45, 2.75) is 169 Å². The third-order valence-corrected chi connectivity index (χ3v) is 12.8. The number of ketones is 2. The molecule has 8 nitrogen and oxygen atoms in total. The number of aliphatic hydroxyl groups is 2. The summed E-state index contributed by atoms with van der Waals surface area (Å²) in [5, 5.41) is 21.3. The van der Waals surface area contributed by atoms with E-state index in [9.17, 15) is 19.8 Å². The molecule has 0 amide bonds. The number of rotatable bonds is 10. The van der Waals surface area contributed by atoms with Crippen LogP contribution in [0.15, 0.2) is 109 Å². The molecule has 73 heavy (non-hydrogen) atoms. The molecule has 6 rings (SSSR count). The first-order valence-corrected chi connectivity index (χ1v) is 25.3. The van der Waals surface area contributed by atoms with Crippen molar-refractivity contribution in [2.75, 3.05) is 0 Å². The predicted molar refractivity (Wildman–Crippen MR) is 298 cm³/mol. The van der Waals surface area contributed by atoms with E-state index >= 15 is 0 Å². The molecule has 0 spiro atoms. The Kier molecular flexibility index (Phi) is 25.7. The van der Waals surface area contributed by atoms with Crippen molar-refractivity contribution in [3.8, 4) is 22.5 Å². The molecule has 2 aromatic carbocycles. The van der Waals surface area contributed by atoms with Crippen LogP contribution in [0.5, 0.6) is 0 Å². The van der Waals surface area contributed by atoms with Crippen molar-refractivity contribution in [3.63, 3.8) is 0 Å². The number of aromatic nitrogens is 4. The van der Waals surface area contributed by atoms with Gasteiger partial charge in [0.05, 0.1) is 0 Å². The Hall–Kier alpha value is -4.72. The molecule has 2 N–H and O–H groups in total. The van der Waals surface area contributed by atoms with Crippen molar-refractivity contribution in [1.29, 1.82) is 0 Å². The average molecular weight is 1350 g/mol. The number of hydrogen-bond donors (Lipinski definition) is 2. The second kappa shape index (κ2) is 28.3. The number of allylic oxidation sites excluding steroid dienone is 4. The SMILES string of the molecule is CC(C)(C)C(=O)C=C(O)C(C)(C)C.CC(C)(C)C(=O)C=C(O)C(C)(C)C.CCC(C)(CC)c1cc(C)[c-]c(-c2ccc3cccnc3n2)c1.CCC(CC)c1cc(C)[c-]c(-c2ccc3cccnc3n2)c1.[Ir].[Ir]. The number of carbonyl (C=O) groups excluding carboxylic acids is 2. The molecule has 4 aromatic heterocycles. The fourth-order valence-corrected chi connectivity index (χ4v) is 7.06. The standard InChI is InChI=1S/C21H23N2.C20H21N2.2C11H20O2.2Ir/c1-5-21(4,6-2)18-13-15(3)12-17(14-18)19-10-9-16-8-7-11-22-20(16)23-19;1-4-15(5-2)17-11-14(3)12-18(13-17)19-9-8-16-7-6-10-21-20(16)22-19;2*1-10(2,3)8(12)7-9(13)11(4,5)6;;/h7-11,13-14H,5-6H2,1-4H3;6-11,13,15H,4-5H2,1-3H3;2*7,12H,1-6H3;;/q2*-1;;;;. The van der Waals surface area contributed by atoms with E-state index in [4.69, 9.17) is 9.97 Å². The smallest absolute Gasteiger partial charge is 0.164 e. The van der Waals surface area contributed by atoms with Gasteiger partial charge >= 0.3 is 0 Å². The van der Waals surface area contributed by atoms with Gasteiger partial charge in [-0.3, -0.25) is 19.6 Å². The molecule has 0 aliphatic rings. The zero-order chi connectivity index (χ0) is 53.7. The van der Waals surface area contributed by atoms with Crippen molar-refractivity contribution in [1.82, 2.24) is 19.9 Å². The Balaban J connectivity index is 0.000000500. The maximum absolute atomic E-state index is 11.5. The molecule has 0 fully saturated rings. The molecule has 0 aliphatic carbocycles. The molecule has 6 aromatic rings. The van der Waals surface area contributed by atoms with E-state index in [1.54, 1.807) is 12.4 Å². The van der Waals surface area contributed by atoms with Crippen molar-refractivity contribution in [3.05, 3.63) is 143 Å². The van der Waals surface area contributed by atoms with Crippen LogP contribution in [0.4, 0.5) is 0 Å². The number of hydrogen-bond acceptors (Lipinski definition) is 8. The summed E-state index contributed by atoms with van der Waals surface area (Å²) in [6.45, 7) is 37.8. The third kappa shape index (κ3) is 20.2. The summed E-state index contributed by atoms with van der Waals surface area (Å²) in [4.78, 5) is 41.1. The Bertz CT molecular complexity index is 2740. The summed E-state index contributed by atoms with van der Waals surface area (Å²) in [6.07, 6.45) is 10.8. The van der Waals surface area contributed by atoms with E-state index in [1.165, 1.54) is 28.8 Å². The van der Waals surface area contributed by atoms with Gasteiger partial charge in [0.1, 0.15) is 22.8 Å². The fourth-order valence-electron chi connectivity index (χ4n) is 7.06. The van der Waals surface area contributed by atoms with E-state index in [2.05, 4.69) is 119 Å². The fraction of sp³-hybridized carbons (Fsp3) is 0.460. The first kappa shape index (κ1) is 66.3. The molecule has 0 atom stereocenters. The quantitative estimate of drug-likeness (QED) is 0.0789. The van der Waals surface area contributed by atoms with Gasteiger partial charge in [0.25, 0.3) is 0 Å². The molecule has 0 aliphatic heterocycles. The van der Waals surface area contributed by atoms with E-state index in [0.717, 1.165) is 75.8 Å². The van der Waals surface area contributed by atoms with E-state index in [0.29, 0.717) is 5.92 Å². The molecular weight excluding hydrogens is 1260 g/mol. The zero-order valence-corrected chi connectivity index (χ0v) is 52.1. The summed E-state index contributed by atoms with van der Waals surface area (Å²) in [5.74, 6) is 0.810. The van der Waals surface area contributed by atoms with Gasteiger partial charge < -0.3 is 10.2 Å². The van der Waals surface area contributed by atoms with Crippen molar-refractivity contribution >= 4 is 33.6 Å². The molecule has 0 unspecified atom stereocenters. The largest absolute Gasteiger partial charge is 0.512 e. The van der Waals surface area contributed by atoms with Gasteiger partial charge in [0, 0.05) is 97.2 Å². The minimum atomic E-state index is -0.417. The number of pyridine rings is 4. The first-order valence-electron chi connectivity index (χ1n) is 25.3. The Morgan fingerprint density at radius 2 is 0.932 bits per heavy atom. The number of carbonyl (C=O) groups is 2. The summed E-state index contributed by atoms with van der Waals surface area (Å²) < 4.78 is 0. The second-order valence-electron chi connectivity index (χ2n) is 23.0. The molecule has 2 radical (unpaired) electrons. The van der Waals surface area contributed by atoms with Crippen LogP contribution in [-0.2, 0) is 55.2 Å². The van der Waals surface area contributed by atoms with Gasteiger partial charge in [-0.25, -0.2) is 9.97 Å². The molecular formula is C63H84Ir2N4O4-2. The van der Waals surface area contributed by atoms with Crippen molar-refractivity contribution < 1.29 is 60.0 Å². The van der Waals surface area contributed by atoms with Crippen LogP contribution < -0.4 is 0 Å². The zero-order valence-electron chi connectivity index (χ0n) is 47.3.